The van der Waals surface area contributed by atoms with Gasteiger partial charge in [0.1, 0.15) is 0 Å². The number of piperidine rings is 1. The lowest BCUT2D eigenvalue weighted by molar-refractivity contribution is -0.126. The fraction of sp³-hybridized carbons (Fsp3) is 0.458. The van der Waals surface area contributed by atoms with Crippen LogP contribution in [-0.2, 0) is 14.8 Å². The number of benzene rings is 2. The average Bonchev–Trinajstić information content (AvgIpc) is 2.72. The Labute approximate surface area is 180 Å². The molecule has 1 unspecified atom stereocenters. The quantitative estimate of drug-likeness (QED) is 0.747. The Morgan fingerprint density at radius 1 is 1.03 bits per heavy atom. The first-order valence-electron chi connectivity index (χ1n) is 10.7. The van der Waals surface area contributed by atoms with Crippen LogP contribution in [0, 0.1) is 26.7 Å². The minimum Gasteiger partial charge on any atom is -0.349 e. The van der Waals surface area contributed by atoms with Gasteiger partial charge in [0.2, 0.25) is 15.9 Å². The second kappa shape index (κ2) is 9.31. The van der Waals surface area contributed by atoms with Crippen LogP contribution >= 0.6 is 0 Å². The number of amides is 1. The Bertz CT molecular complexity index is 992. The van der Waals surface area contributed by atoms with Crippen molar-refractivity contribution in [3.8, 4) is 0 Å². The minimum absolute atomic E-state index is 0.0209. The first-order chi connectivity index (χ1) is 14.2. The van der Waals surface area contributed by atoms with Crippen molar-refractivity contribution in [1.82, 2.24) is 9.62 Å². The van der Waals surface area contributed by atoms with Crippen LogP contribution in [-0.4, -0.2) is 31.7 Å². The highest BCUT2D eigenvalue weighted by molar-refractivity contribution is 7.89. The van der Waals surface area contributed by atoms with Crippen LogP contribution in [0.25, 0.3) is 0 Å². The van der Waals surface area contributed by atoms with Crippen LogP contribution in [0.2, 0.25) is 0 Å². The summed E-state index contributed by atoms with van der Waals surface area (Å²) in [6.07, 6.45) is 1.90. The Balaban J connectivity index is 1.62. The largest absolute Gasteiger partial charge is 0.349 e. The van der Waals surface area contributed by atoms with E-state index in [0.29, 0.717) is 30.8 Å². The summed E-state index contributed by atoms with van der Waals surface area (Å²) < 4.78 is 27.3. The van der Waals surface area contributed by atoms with Crippen molar-refractivity contribution < 1.29 is 13.2 Å². The Morgan fingerprint density at radius 2 is 1.63 bits per heavy atom. The topological polar surface area (TPSA) is 66.5 Å². The van der Waals surface area contributed by atoms with E-state index in [0.717, 1.165) is 17.5 Å². The smallest absolute Gasteiger partial charge is 0.243 e. The van der Waals surface area contributed by atoms with Gasteiger partial charge in [0, 0.05) is 19.0 Å². The monoisotopic (exact) mass is 428 g/mol. The molecule has 2 aromatic rings. The zero-order valence-corrected chi connectivity index (χ0v) is 19.1. The van der Waals surface area contributed by atoms with E-state index in [4.69, 9.17) is 0 Å². The Morgan fingerprint density at radius 3 is 2.20 bits per heavy atom. The summed E-state index contributed by atoms with van der Waals surface area (Å²) in [6, 6.07) is 13.2. The number of carbonyl (C=O) groups excluding carboxylic acids is 1. The van der Waals surface area contributed by atoms with Gasteiger partial charge in [0.25, 0.3) is 0 Å². The molecule has 1 aliphatic heterocycles. The predicted octanol–water partition coefficient (Wildman–Crippen LogP) is 4.28. The van der Waals surface area contributed by atoms with Crippen LogP contribution in [0.15, 0.2) is 47.4 Å². The number of nitrogens with zero attached hydrogens (tertiary/aromatic N) is 1. The molecule has 1 saturated heterocycles. The molecule has 0 aromatic heterocycles. The van der Waals surface area contributed by atoms with E-state index in [9.17, 15) is 13.2 Å². The van der Waals surface area contributed by atoms with Gasteiger partial charge in [-0.1, -0.05) is 48.4 Å². The van der Waals surface area contributed by atoms with Crippen LogP contribution in [0.3, 0.4) is 0 Å². The van der Waals surface area contributed by atoms with E-state index in [2.05, 4.69) is 44.3 Å². The lowest BCUT2D eigenvalue weighted by Crippen LogP contribution is -2.43. The van der Waals surface area contributed by atoms with Crippen LogP contribution in [0.4, 0.5) is 0 Å². The highest BCUT2D eigenvalue weighted by Crippen LogP contribution is 2.26. The van der Waals surface area contributed by atoms with Gasteiger partial charge < -0.3 is 5.32 Å². The van der Waals surface area contributed by atoms with Gasteiger partial charge in [-0.2, -0.15) is 4.31 Å². The molecule has 0 spiro atoms. The number of nitrogens with one attached hydrogen (secondary N) is 1. The first kappa shape index (κ1) is 22.5. The summed E-state index contributed by atoms with van der Waals surface area (Å²) in [5.41, 5.74) is 4.57. The Kier molecular flexibility index (Phi) is 6.98. The van der Waals surface area contributed by atoms with Crippen molar-refractivity contribution in [3.63, 3.8) is 0 Å². The highest BCUT2D eigenvalue weighted by Gasteiger charge is 2.32. The van der Waals surface area contributed by atoms with Gasteiger partial charge >= 0.3 is 0 Å². The molecule has 162 valence electrons. The maximum Gasteiger partial charge on any atom is 0.243 e. The molecule has 1 aliphatic rings. The van der Waals surface area contributed by atoms with Crippen molar-refractivity contribution in [1.29, 1.82) is 0 Å². The molecule has 0 saturated carbocycles. The van der Waals surface area contributed by atoms with Crippen molar-refractivity contribution in [2.75, 3.05) is 13.1 Å². The van der Waals surface area contributed by atoms with Crippen molar-refractivity contribution in [3.05, 3.63) is 64.7 Å². The summed E-state index contributed by atoms with van der Waals surface area (Å²) in [7, 11) is -3.51. The third kappa shape index (κ3) is 4.93. The molecule has 1 fully saturated rings. The molecule has 1 heterocycles. The van der Waals surface area contributed by atoms with E-state index in [1.54, 1.807) is 12.1 Å². The van der Waals surface area contributed by atoms with E-state index in [1.807, 2.05) is 19.1 Å². The molecule has 1 atom stereocenters. The minimum atomic E-state index is -3.51. The maximum atomic E-state index is 12.9. The molecule has 1 amide bonds. The molecule has 1 N–H and O–H groups in total. The first-order valence-corrected chi connectivity index (χ1v) is 12.1. The van der Waals surface area contributed by atoms with Crippen molar-refractivity contribution in [2.45, 2.75) is 57.9 Å². The van der Waals surface area contributed by atoms with Crippen molar-refractivity contribution in [2.24, 2.45) is 5.92 Å². The van der Waals surface area contributed by atoms with E-state index < -0.39 is 10.0 Å². The number of hydrogen-bond acceptors (Lipinski definition) is 3. The summed E-state index contributed by atoms with van der Waals surface area (Å²) in [6.45, 7) is 8.88. The summed E-state index contributed by atoms with van der Waals surface area (Å²) in [5, 5.41) is 3.20. The number of sulfonamides is 1. The fourth-order valence-corrected chi connectivity index (χ4v) is 5.59. The van der Waals surface area contributed by atoms with Crippen LogP contribution < -0.4 is 5.32 Å². The average molecular weight is 429 g/mol. The van der Waals surface area contributed by atoms with E-state index >= 15 is 0 Å². The number of aryl methyl sites for hydroxylation is 3. The van der Waals surface area contributed by atoms with E-state index in [1.165, 1.54) is 15.4 Å². The summed E-state index contributed by atoms with van der Waals surface area (Å²) in [5.74, 6) is -0.136. The third-order valence-corrected chi connectivity index (χ3v) is 7.92. The molecule has 0 bridgehead atoms. The SMILES string of the molecule is CCC(NC(=O)C1CCN(S(=O)(=O)c2ccc(C)cc2)CC1)c1ccc(C)cc1C. The molecule has 5 nitrogen and oxygen atoms in total. The van der Waals surface area contributed by atoms with Gasteiger partial charge in [-0.15, -0.1) is 0 Å². The van der Waals surface area contributed by atoms with Gasteiger partial charge in [-0.25, -0.2) is 8.42 Å². The highest BCUT2D eigenvalue weighted by atomic mass is 32.2. The second-order valence-electron chi connectivity index (χ2n) is 8.32. The predicted molar refractivity (Wildman–Crippen MR) is 120 cm³/mol. The maximum absolute atomic E-state index is 12.9. The summed E-state index contributed by atoms with van der Waals surface area (Å²) >= 11 is 0. The standard InChI is InChI=1S/C24H32N2O3S/c1-5-23(22-11-8-18(3)16-19(22)4)25-24(27)20-12-14-26(15-13-20)30(28,29)21-9-6-17(2)7-10-21/h6-11,16,20,23H,5,12-15H2,1-4H3,(H,25,27). The number of carbonyl (C=O) groups is 1. The normalized spacial score (nSPS) is 16.9. The molecule has 2 aromatic carbocycles. The summed E-state index contributed by atoms with van der Waals surface area (Å²) in [4.78, 5) is 13.2. The lowest BCUT2D eigenvalue weighted by atomic mass is 9.94. The molecule has 6 heteroatoms. The molecular weight excluding hydrogens is 396 g/mol. The molecule has 30 heavy (non-hydrogen) atoms. The molecular formula is C24H32N2O3S. The second-order valence-corrected chi connectivity index (χ2v) is 10.3. The number of hydrogen-bond donors (Lipinski definition) is 1. The van der Waals surface area contributed by atoms with Gasteiger partial charge in [0.15, 0.2) is 0 Å². The molecule has 0 aliphatic carbocycles. The number of rotatable bonds is 6. The molecule has 3 rings (SSSR count). The van der Waals surface area contributed by atoms with Crippen molar-refractivity contribution >= 4 is 15.9 Å². The zero-order valence-electron chi connectivity index (χ0n) is 18.3. The Hall–Kier alpha value is -2.18. The third-order valence-electron chi connectivity index (χ3n) is 6.01. The van der Waals surface area contributed by atoms with Gasteiger partial charge in [-0.05, 0) is 63.3 Å². The van der Waals surface area contributed by atoms with Gasteiger partial charge in [0.05, 0.1) is 10.9 Å². The van der Waals surface area contributed by atoms with Gasteiger partial charge in [-0.3, -0.25) is 4.79 Å². The fourth-order valence-electron chi connectivity index (χ4n) is 4.12. The molecule has 0 radical (unpaired) electrons. The lowest BCUT2D eigenvalue weighted by Gasteiger charge is -2.31. The zero-order chi connectivity index (χ0) is 21.9. The van der Waals surface area contributed by atoms with Crippen LogP contribution in [0.5, 0.6) is 0 Å². The van der Waals surface area contributed by atoms with Crippen LogP contribution in [0.1, 0.15) is 54.5 Å². The van der Waals surface area contributed by atoms with E-state index in [-0.39, 0.29) is 17.9 Å².